The molecule has 0 saturated carbocycles. The van der Waals surface area contributed by atoms with E-state index in [-0.39, 0.29) is 17.5 Å². The highest BCUT2D eigenvalue weighted by atomic mass is 16.2. The number of carbonyl (C=O) groups is 1. The second-order valence-corrected chi connectivity index (χ2v) is 8.89. The van der Waals surface area contributed by atoms with E-state index in [9.17, 15) is 9.59 Å². The van der Waals surface area contributed by atoms with E-state index in [1.165, 1.54) is 5.56 Å². The quantitative estimate of drug-likeness (QED) is 0.441. The van der Waals surface area contributed by atoms with Crippen molar-refractivity contribution >= 4 is 5.91 Å². The van der Waals surface area contributed by atoms with Crippen molar-refractivity contribution in [3.8, 4) is 22.4 Å². The molecule has 35 heavy (non-hydrogen) atoms. The van der Waals surface area contributed by atoms with Crippen molar-refractivity contribution in [3.05, 3.63) is 112 Å². The Kier molecular flexibility index (Phi) is 6.82. The summed E-state index contributed by atoms with van der Waals surface area (Å²) in [5.74, 6) is -0.355. The van der Waals surface area contributed by atoms with E-state index < -0.39 is 5.56 Å². The van der Waals surface area contributed by atoms with Crippen molar-refractivity contribution in [1.82, 2.24) is 20.4 Å². The molecule has 5 rings (SSSR count). The van der Waals surface area contributed by atoms with Gasteiger partial charge >= 0.3 is 0 Å². The molecule has 0 bridgehead atoms. The number of carbonyl (C=O) groups excluding carboxylic acids is 1. The van der Waals surface area contributed by atoms with Gasteiger partial charge in [-0.15, -0.1) is 0 Å². The van der Waals surface area contributed by atoms with E-state index in [0.717, 1.165) is 43.6 Å². The summed E-state index contributed by atoms with van der Waals surface area (Å²) in [5.41, 5.74) is 3.68. The zero-order chi connectivity index (χ0) is 24.0. The van der Waals surface area contributed by atoms with Crippen LogP contribution in [0, 0.1) is 0 Å². The maximum Gasteiger partial charge on any atom is 0.277 e. The van der Waals surface area contributed by atoms with E-state index in [2.05, 4.69) is 44.7 Å². The fraction of sp³-hybridized carbons (Fsp3) is 0.207. The average Bonchev–Trinajstić information content (AvgIpc) is 2.91. The van der Waals surface area contributed by atoms with Gasteiger partial charge in [0.15, 0.2) is 0 Å². The maximum absolute atomic E-state index is 13.5. The molecule has 6 nitrogen and oxygen atoms in total. The SMILES string of the molecule is O=C(NC1CCN(Cc2ccccc2)CC1)c1c(-c2ccccc2)c(-c2ccccc2)n[nH]c1=O. The first-order valence-corrected chi connectivity index (χ1v) is 12.0. The summed E-state index contributed by atoms with van der Waals surface area (Å²) in [7, 11) is 0. The number of nitrogens with zero attached hydrogens (tertiary/aromatic N) is 2. The van der Waals surface area contributed by atoms with Crippen LogP contribution in [-0.2, 0) is 6.54 Å². The van der Waals surface area contributed by atoms with Gasteiger partial charge in [0.05, 0.1) is 5.69 Å². The van der Waals surface area contributed by atoms with Crippen molar-refractivity contribution < 1.29 is 4.79 Å². The predicted octanol–water partition coefficient (Wildman–Crippen LogP) is 4.50. The molecule has 6 heteroatoms. The van der Waals surface area contributed by atoms with Crippen molar-refractivity contribution in [3.63, 3.8) is 0 Å². The number of H-pyrrole nitrogens is 1. The van der Waals surface area contributed by atoms with Crippen LogP contribution in [0.2, 0.25) is 0 Å². The van der Waals surface area contributed by atoms with Gasteiger partial charge in [0, 0.05) is 36.8 Å². The highest BCUT2D eigenvalue weighted by Gasteiger charge is 2.26. The lowest BCUT2D eigenvalue weighted by molar-refractivity contribution is 0.0908. The third kappa shape index (κ3) is 5.23. The van der Waals surface area contributed by atoms with E-state index in [1.807, 2.05) is 66.7 Å². The molecule has 2 N–H and O–H groups in total. The number of hydrogen-bond acceptors (Lipinski definition) is 4. The zero-order valence-electron chi connectivity index (χ0n) is 19.5. The van der Waals surface area contributed by atoms with Crippen LogP contribution < -0.4 is 10.9 Å². The fourth-order valence-electron chi connectivity index (χ4n) is 4.69. The van der Waals surface area contributed by atoms with Gasteiger partial charge < -0.3 is 5.32 Å². The van der Waals surface area contributed by atoms with Crippen molar-refractivity contribution in [1.29, 1.82) is 0 Å². The summed E-state index contributed by atoms with van der Waals surface area (Å²) in [6.07, 6.45) is 1.68. The molecule has 4 aromatic rings. The van der Waals surface area contributed by atoms with Crippen molar-refractivity contribution in [2.45, 2.75) is 25.4 Å². The molecule has 1 amide bonds. The lowest BCUT2D eigenvalue weighted by atomic mass is 9.94. The average molecular weight is 465 g/mol. The smallest absolute Gasteiger partial charge is 0.277 e. The Morgan fingerprint density at radius 3 is 2.06 bits per heavy atom. The minimum atomic E-state index is -0.484. The number of aromatic nitrogens is 2. The Balaban J connectivity index is 1.39. The van der Waals surface area contributed by atoms with Gasteiger partial charge in [-0.3, -0.25) is 14.5 Å². The monoisotopic (exact) mass is 464 g/mol. The topological polar surface area (TPSA) is 78.1 Å². The van der Waals surface area contributed by atoms with Crippen molar-refractivity contribution in [2.75, 3.05) is 13.1 Å². The molecule has 0 radical (unpaired) electrons. The number of rotatable bonds is 6. The number of hydrogen-bond donors (Lipinski definition) is 2. The van der Waals surface area contributed by atoms with Crippen LogP contribution in [-0.4, -0.2) is 40.1 Å². The highest BCUT2D eigenvalue weighted by molar-refractivity contribution is 6.03. The Bertz CT molecular complexity index is 1330. The number of benzene rings is 3. The second-order valence-electron chi connectivity index (χ2n) is 8.89. The summed E-state index contributed by atoms with van der Waals surface area (Å²) in [5, 5.41) is 10.0. The van der Waals surface area contributed by atoms with E-state index in [1.54, 1.807) is 0 Å². The van der Waals surface area contributed by atoms with Crippen LogP contribution in [0.25, 0.3) is 22.4 Å². The minimum absolute atomic E-state index is 0.0193. The number of aromatic amines is 1. The standard InChI is InChI=1S/C29H28N4O2/c34-28(30-24-16-18-33(19-17-24)20-21-10-4-1-5-11-21)26-25(22-12-6-2-7-13-22)27(31-32-29(26)35)23-14-8-3-9-15-23/h1-15,24H,16-20H2,(H,30,34)(H,32,35). The van der Waals surface area contributed by atoms with Crippen LogP contribution in [0.5, 0.6) is 0 Å². The molecule has 0 unspecified atom stereocenters. The summed E-state index contributed by atoms with van der Waals surface area (Å²) >= 11 is 0. The molecule has 0 spiro atoms. The Labute approximate surface area is 204 Å². The number of nitrogens with one attached hydrogen (secondary N) is 2. The Morgan fingerprint density at radius 2 is 1.43 bits per heavy atom. The third-order valence-corrected chi connectivity index (χ3v) is 6.49. The molecule has 3 aromatic carbocycles. The molecule has 1 aliphatic rings. The lowest BCUT2D eigenvalue weighted by Crippen LogP contribution is -2.45. The minimum Gasteiger partial charge on any atom is -0.349 e. The molecular weight excluding hydrogens is 436 g/mol. The van der Waals surface area contributed by atoms with E-state index in [4.69, 9.17) is 0 Å². The molecule has 1 saturated heterocycles. The van der Waals surface area contributed by atoms with Crippen molar-refractivity contribution in [2.24, 2.45) is 0 Å². The molecule has 2 heterocycles. The molecule has 0 aliphatic carbocycles. The van der Waals surface area contributed by atoms with E-state index in [0.29, 0.717) is 11.3 Å². The second kappa shape index (κ2) is 10.5. The fourth-order valence-corrected chi connectivity index (χ4v) is 4.69. The zero-order valence-corrected chi connectivity index (χ0v) is 19.5. The molecule has 1 fully saturated rings. The van der Waals surface area contributed by atoms with Gasteiger partial charge in [-0.05, 0) is 24.0 Å². The molecule has 1 aliphatic heterocycles. The molecular formula is C29H28N4O2. The first-order chi connectivity index (χ1) is 17.2. The normalized spacial score (nSPS) is 14.5. The summed E-state index contributed by atoms with van der Waals surface area (Å²) in [6.45, 7) is 2.70. The lowest BCUT2D eigenvalue weighted by Gasteiger charge is -2.32. The van der Waals surface area contributed by atoms with Gasteiger partial charge in [0.2, 0.25) is 0 Å². The number of amides is 1. The predicted molar refractivity (Wildman–Crippen MR) is 138 cm³/mol. The van der Waals surface area contributed by atoms with Crippen LogP contribution in [0.1, 0.15) is 28.8 Å². The molecule has 176 valence electrons. The number of piperidine rings is 1. The van der Waals surface area contributed by atoms with Gasteiger partial charge in [-0.25, -0.2) is 5.10 Å². The van der Waals surface area contributed by atoms with Crippen LogP contribution in [0.4, 0.5) is 0 Å². The highest BCUT2D eigenvalue weighted by Crippen LogP contribution is 2.31. The van der Waals surface area contributed by atoms with Gasteiger partial charge in [0.25, 0.3) is 11.5 Å². The first kappa shape index (κ1) is 22.7. The number of likely N-dealkylation sites (tertiary alicyclic amines) is 1. The van der Waals surface area contributed by atoms with Gasteiger partial charge in [-0.2, -0.15) is 5.10 Å². The first-order valence-electron chi connectivity index (χ1n) is 12.0. The Hall–Kier alpha value is -4.03. The van der Waals surface area contributed by atoms with E-state index >= 15 is 0 Å². The largest absolute Gasteiger partial charge is 0.349 e. The summed E-state index contributed by atoms with van der Waals surface area (Å²) in [6, 6.07) is 29.6. The van der Waals surface area contributed by atoms with Gasteiger partial charge in [-0.1, -0.05) is 91.0 Å². The summed E-state index contributed by atoms with van der Waals surface area (Å²) in [4.78, 5) is 28.9. The third-order valence-electron chi connectivity index (χ3n) is 6.49. The van der Waals surface area contributed by atoms with Crippen LogP contribution >= 0.6 is 0 Å². The molecule has 0 atom stereocenters. The van der Waals surface area contributed by atoms with Crippen LogP contribution in [0.15, 0.2) is 95.8 Å². The van der Waals surface area contributed by atoms with Gasteiger partial charge in [0.1, 0.15) is 5.56 Å². The maximum atomic E-state index is 13.5. The van der Waals surface area contributed by atoms with Crippen LogP contribution in [0.3, 0.4) is 0 Å². The molecule has 1 aromatic heterocycles. The summed E-state index contributed by atoms with van der Waals surface area (Å²) < 4.78 is 0. The Morgan fingerprint density at radius 1 is 0.857 bits per heavy atom.